The van der Waals surface area contributed by atoms with Gasteiger partial charge in [0, 0.05) is 5.56 Å². The lowest BCUT2D eigenvalue weighted by molar-refractivity contribution is 0.0915. The van der Waals surface area contributed by atoms with Gasteiger partial charge in [0.15, 0.2) is 0 Å². The monoisotopic (exact) mass is 237 g/mol. The van der Waals surface area contributed by atoms with Crippen LogP contribution in [-0.2, 0) is 0 Å². The lowest BCUT2D eigenvalue weighted by Crippen LogP contribution is -2.36. The molecule has 0 aliphatic heterocycles. The van der Waals surface area contributed by atoms with E-state index in [1.165, 1.54) is 0 Å². The topological polar surface area (TPSA) is 58.6 Å². The Morgan fingerprint density at radius 1 is 1.35 bits per heavy atom. The van der Waals surface area contributed by atoms with Crippen molar-refractivity contribution in [3.8, 4) is 5.75 Å². The molecular formula is C13H19NO3. The van der Waals surface area contributed by atoms with Crippen LogP contribution in [-0.4, -0.2) is 30.3 Å². The van der Waals surface area contributed by atoms with E-state index in [1.54, 1.807) is 24.3 Å². The zero-order valence-corrected chi connectivity index (χ0v) is 10.3. The van der Waals surface area contributed by atoms with E-state index in [2.05, 4.69) is 5.32 Å². The standard InChI is InChI=1S/C13H19NO3/c1-3-11(9-15)14-13(16)10-5-7-12(8-6-10)17-4-2/h5-8,11,15H,3-4,9H2,1-2H3,(H,14,16). The average molecular weight is 237 g/mol. The van der Waals surface area contributed by atoms with Gasteiger partial charge in [-0.2, -0.15) is 0 Å². The van der Waals surface area contributed by atoms with Crippen molar-refractivity contribution < 1.29 is 14.6 Å². The van der Waals surface area contributed by atoms with Crippen molar-refractivity contribution in [1.29, 1.82) is 0 Å². The molecule has 0 aromatic heterocycles. The summed E-state index contributed by atoms with van der Waals surface area (Å²) in [7, 11) is 0. The second-order valence-electron chi connectivity index (χ2n) is 3.72. The van der Waals surface area contributed by atoms with Crippen LogP contribution in [0.25, 0.3) is 0 Å². The van der Waals surface area contributed by atoms with Crippen molar-refractivity contribution in [2.45, 2.75) is 26.3 Å². The molecule has 94 valence electrons. The van der Waals surface area contributed by atoms with Gasteiger partial charge in [0.2, 0.25) is 0 Å². The fraction of sp³-hybridized carbons (Fsp3) is 0.462. The van der Waals surface area contributed by atoms with E-state index in [-0.39, 0.29) is 18.6 Å². The molecular weight excluding hydrogens is 218 g/mol. The van der Waals surface area contributed by atoms with Gasteiger partial charge >= 0.3 is 0 Å². The molecule has 17 heavy (non-hydrogen) atoms. The summed E-state index contributed by atoms with van der Waals surface area (Å²) in [5, 5.41) is 11.8. The summed E-state index contributed by atoms with van der Waals surface area (Å²) < 4.78 is 5.29. The Kier molecular flexibility index (Phi) is 5.49. The van der Waals surface area contributed by atoms with Gasteiger partial charge in [-0.3, -0.25) is 4.79 Å². The Morgan fingerprint density at radius 3 is 2.47 bits per heavy atom. The molecule has 4 nitrogen and oxygen atoms in total. The zero-order chi connectivity index (χ0) is 12.7. The summed E-state index contributed by atoms with van der Waals surface area (Å²) in [6.45, 7) is 4.39. The number of hydrogen-bond donors (Lipinski definition) is 2. The van der Waals surface area contributed by atoms with Crippen LogP contribution < -0.4 is 10.1 Å². The Hall–Kier alpha value is -1.55. The molecule has 0 saturated heterocycles. The number of carbonyl (C=O) groups excluding carboxylic acids is 1. The quantitative estimate of drug-likeness (QED) is 0.790. The van der Waals surface area contributed by atoms with Gasteiger partial charge in [0.05, 0.1) is 19.3 Å². The summed E-state index contributed by atoms with van der Waals surface area (Å²) in [5.74, 6) is 0.576. The van der Waals surface area contributed by atoms with E-state index in [1.807, 2.05) is 13.8 Å². The largest absolute Gasteiger partial charge is 0.494 e. The number of aliphatic hydroxyl groups excluding tert-OH is 1. The SMILES string of the molecule is CCOc1ccc(C(=O)NC(CC)CO)cc1. The number of amides is 1. The minimum Gasteiger partial charge on any atom is -0.494 e. The number of benzene rings is 1. The van der Waals surface area contributed by atoms with Crippen molar-refractivity contribution in [3.05, 3.63) is 29.8 Å². The fourth-order valence-electron chi connectivity index (χ4n) is 1.41. The van der Waals surface area contributed by atoms with Crippen LogP contribution >= 0.6 is 0 Å². The molecule has 4 heteroatoms. The van der Waals surface area contributed by atoms with Crippen LogP contribution in [0.5, 0.6) is 5.75 Å². The van der Waals surface area contributed by atoms with Gasteiger partial charge in [-0.15, -0.1) is 0 Å². The molecule has 1 aromatic carbocycles. The second kappa shape index (κ2) is 6.91. The number of rotatable bonds is 6. The summed E-state index contributed by atoms with van der Waals surface area (Å²) in [6.07, 6.45) is 0.708. The molecule has 2 N–H and O–H groups in total. The summed E-state index contributed by atoms with van der Waals surface area (Å²) in [6, 6.07) is 6.76. The molecule has 1 aromatic rings. The molecule has 1 rings (SSSR count). The lowest BCUT2D eigenvalue weighted by Gasteiger charge is -2.14. The predicted molar refractivity (Wildman–Crippen MR) is 66.2 cm³/mol. The van der Waals surface area contributed by atoms with Gasteiger partial charge in [-0.05, 0) is 37.6 Å². The molecule has 0 heterocycles. The normalized spacial score (nSPS) is 11.9. The first kappa shape index (κ1) is 13.5. The third kappa shape index (κ3) is 4.07. The van der Waals surface area contributed by atoms with Gasteiger partial charge in [0.1, 0.15) is 5.75 Å². The molecule has 0 aliphatic carbocycles. The van der Waals surface area contributed by atoms with Crippen molar-refractivity contribution >= 4 is 5.91 Å². The number of carbonyl (C=O) groups is 1. The van der Waals surface area contributed by atoms with Gasteiger partial charge in [-0.25, -0.2) is 0 Å². The smallest absolute Gasteiger partial charge is 0.251 e. The zero-order valence-electron chi connectivity index (χ0n) is 10.3. The second-order valence-corrected chi connectivity index (χ2v) is 3.72. The minimum absolute atomic E-state index is 0.0424. The van der Waals surface area contributed by atoms with Crippen molar-refractivity contribution in [2.24, 2.45) is 0 Å². The molecule has 1 amide bonds. The summed E-state index contributed by atoms with van der Waals surface area (Å²) in [5.41, 5.74) is 0.570. The van der Waals surface area contributed by atoms with Crippen LogP contribution in [0.3, 0.4) is 0 Å². The highest BCUT2D eigenvalue weighted by atomic mass is 16.5. The van der Waals surface area contributed by atoms with Crippen LogP contribution in [0.2, 0.25) is 0 Å². The third-order valence-corrected chi connectivity index (χ3v) is 2.48. The van der Waals surface area contributed by atoms with E-state index < -0.39 is 0 Å². The first-order chi connectivity index (χ1) is 8.21. The lowest BCUT2D eigenvalue weighted by atomic mass is 10.1. The minimum atomic E-state index is -0.186. The first-order valence-electron chi connectivity index (χ1n) is 5.85. The van der Waals surface area contributed by atoms with Crippen molar-refractivity contribution in [1.82, 2.24) is 5.32 Å². The Morgan fingerprint density at radius 2 is 2.00 bits per heavy atom. The molecule has 0 fully saturated rings. The van der Waals surface area contributed by atoms with Crippen LogP contribution in [0.15, 0.2) is 24.3 Å². The van der Waals surface area contributed by atoms with Crippen LogP contribution in [0.1, 0.15) is 30.6 Å². The molecule has 0 bridgehead atoms. The van der Waals surface area contributed by atoms with E-state index in [4.69, 9.17) is 9.84 Å². The van der Waals surface area contributed by atoms with Gasteiger partial charge < -0.3 is 15.2 Å². The van der Waals surface area contributed by atoms with Gasteiger partial charge in [0.25, 0.3) is 5.91 Å². The maximum absolute atomic E-state index is 11.8. The first-order valence-corrected chi connectivity index (χ1v) is 5.85. The number of hydrogen-bond acceptors (Lipinski definition) is 3. The van der Waals surface area contributed by atoms with Crippen LogP contribution in [0.4, 0.5) is 0 Å². The highest BCUT2D eigenvalue weighted by molar-refractivity contribution is 5.94. The van der Waals surface area contributed by atoms with Crippen molar-refractivity contribution in [3.63, 3.8) is 0 Å². The van der Waals surface area contributed by atoms with E-state index in [0.29, 0.717) is 18.6 Å². The number of aliphatic hydroxyl groups is 1. The van der Waals surface area contributed by atoms with Gasteiger partial charge in [-0.1, -0.05) is 6.92 Å². The molecule has 0 spiro atoms. The summed E-state index contributed by atoms with van der Waals surface area (Å²) >= 11 is 0. The highest BCUT2D eigenvalue weighted by Gasteiger charge is 2.10. The molecule has 0 aliphatic rings. The molecule has 0 radical (unpaired) electrons. The van der Waals surface area contributed by atoms with E-state index in [0.717, 1.165) is 5.75 Å². The molecule has 0 saturated carbocycles. The maximum Gasteiger partial charge on any atom is 0.251 e. The van der Waals surface area contributed by atoms with Crippen LogP contribution in [0, 0.1) is 0 Å². The predicted octanol–water partition coefficient (Wildman–Crippen LogP) is 1.59. The number of ether oxygens (including phenoxy) is 1. The Bertz CT molecular complexity index is 344. The van der Waals surface area contributed by atoms with E-state index >= 15 is 0 Å². The Balaban J connectivity index is 2.63. The fourth-order valence-corrected chi connectivity index (χ4v) is 1.41. The maximum atomic E-state index is 11.8. The average Bonchev–Trinajstić information content (AvgIpc) is 2.37. The number of nitrogens with one attached hydrogen (secondary N) is 1. The van der Waals surface area contributed by atoms with Crippen molar-refractivity contribution in [2.75, 3.05) is 13.2 Å². The Labute approximate surface area is 102 Å². The summed E-state index contributed by atoms with van der Waals surface area (Å²) in [4.78, 5) is 11.8. The van der Waals surface area contributed by atoms with E-state index in [9.17, 15) is 4.79 Å². The molecule has 1 atom stereocenters. The molecule has 1 unspecified atom stereocenters. The third-order valence-electron chi connectivity index (χ3n) is 2.48. The highest BCUT2D eigenvalue weighted by Crippen LogP contribution is 2.12.